The van der Waals surface area contributed by atoms with Gasteiger partial charge in [-0.05, 0) is 25.3 Å². The molecule has 0 spiro atoms. The lowest BCUT2D eigenvalue weighted by Crippen LogP contribution is -2.31. The van der Waals surface area contributed by atoms with Crippen molar-refractivity contribution in [2.75, 3.05) is 13.2 Å². The zero-order valence-electron chi connectivity index (χ0n) is 10.9. The van der Waals surface area contributed by atoms with E-state index in [1.54, 1.807) is 0 Å². The Bertz CT molecular complexity index is 546. The molecule has 4 heteroatoms. The van der Waals surface area contributed by atoms with Crippen LogP contribution in [0.2, 0.25) is 5.02 Å². The van der Waals surface area contributed by atoms with Gasteiger partial charge in [-0.25, -0.2) is 0 Å². The molecule has 2 heterocycles. The maximum atomic E-state index is 6.38. The fourth-order valence-corrected chi connectivity index (χ4v) is 2.89. The van der Waals surface area contributed by atoms with E-state index in [1.807, 2.05) is 18.2 Å². The predicted octanol–water partition coefficient (Wildman–Crippen LogP) is 3.48. The van der Waals surface area contributed by atoms with Crippen molar-refractivity contribution in [1.82, 2.24) is 10.3 Å². The average Bonchev–Trinajstić information content (AvgIpc) is 2.78. The van der Waals surface area contributed by atoms with Crippen LogP contribution in [0.5, 0.6) is 0 Å². The highest BCUT2D eigenvalue weighted by Gasteiger charge is 2.14. The van der Waals surface area contributed by atoms with Crippen molar-refractivity contribution in [2.24, 2.45) is 0 Å². The molecular weight excluding hydrogens is 260 g/mol. The summed E-state index contributed by atoms with van der Waals surface area (Å²) in [6.45, 7) is 2.55. The second-order valence-corrected chi connectivity index (χ2v) is 5.46. The van der Waals surface area contributed by atoms with E-state index in [4.69, 9.17) is 16.3 Å². The number of nitrogens with one attached hydrogen (secondary N) is 2. The third kappa shape index (κ3) is 2.94. The number of aromatic amines is 1. The van der Waals surface area contributed by atoms with E-state index in [9.17, 15) is 0 Å². The van der Waals surface area contributed by atoms with Crippen molar-refractivity contribution in [2.45, 2.75) is 31.9 Å². The van der Waals surface area contributed by atoms with E-state index in [0.717, 1.165) is 47.7 Å². The lowest BCUT2D eigenvalue weighted by atomic mass is 10.1. The second kappa shape index (κ2) is 5.95. The quantitative estimate of drug-likeness (QED) is 0.898. The summed E-state index contributed by atoms with van der Waals surface area (Å²) in [5.41, 5.74) is 2.15. The van der Waals surface area contributed by atoms with Gasteiger partial charge in [-0.1, -0.05) is 29.8 Å². The number of H-pyrrole nitrogens is 1. The molecule has 1 saturated heterocycles. The number of benzene rings is 1. The summed E-state index contributed by atoms with van der Waals surface area (Å²) in [5, 5.41) is 5.35. The maximum Gasteiger partial charge on any atom is 0.0705 e. The Hall–Kier alpha value is -1.03. The highest BCUT2D eigenvalue weighted by atomic mass is 35.5. The molecule has 3 rings (SSSR count). The van der Waals surface area contributed by atoms with Gasteiger partial charge in [0.15, 0.2) is 0 Å². The molecule has 0 bridgehead atoms. The Kier molecular flexibility index (Phi) is 4.06. The van der Waals surface area contributed by atoms with E-state index in [2.05, 4.69) is 16.4 Å². The van der Waals surface area contributed by atoms with Crippen LogP contribution in [0.1, 0.15) is 25.0 Å². The average molecular weight is 279 g/mol. The van der Waals surface area contributed by atoms with Gasteiger partial charge in [0.05, 0.1) is 11.1 Å². The van der Waals surface area contributed by atoms with E-state index >= 15 is 0 Å². The van der Waals surface area contributed by atoms with Crippen LogP contribution in [-0.2, 0) is 11.3 Å². The first kappa shape index (κ1) is 13.0. The van der Waals surface area contributed by atoms with Crippen molar-refractivity contribution < 1.29 is 4.74 Å². The van der Waals surface area contributed by atoms with Gasteiger partial charge in [-0.15, -0.1) is 0 Å². The first-order chi connectivity index (χ1) is 9.34. The first-order valence-electron chi connectivity index (χ1n) is 6.92. The number of rotatable bonds is 4. The molecule has 2 N–H and O–H groups in total. The van der Waals surface area contributed by atoms with Crippen LogP contribution < -0.4 is 5.32 Å². The third-order valence-electron chi connectivity index (χ3n) is 3.66. The van der Waals surface area contributed by atoms with Gasteiger partial charge in [0, 0.05) is 36.3 Å². The normalized spacial score (nSPS) is 19.9. The van der Waals surface area contributed by atoms with Crippen LogP contribution in [0.3, 0.4) is 0 Å². The second-order valence-electron chi connectivity index (χ2n) is 5.08. The molecule has 0 aliphatic carbocycles. The number of hydrogen-bond acceptors (Lipinski definition) is 2. The van der Waals surface area contributed by atoms with Crippen LogP contribution in [0.4, 0.5) is 0 Å². The molecule has 1 fully saturated rings. The molecular formula is C15H19ClN2O. The van der Waals surface area contributed by atoms with Gasteiger partial charge in [0.25, 0.3) is 0 Å². The van der Waals surface area contributed by atoms with Crippen molar-refractivity contribution >= 4 is 22.5 Å². The summed E-state index contributed by atoms with van der Waals surface area (Å²) < 4.78 is 5.70. The van der Waals surface area contributed by atoms with Crippen molar-refractivity contribution in [1.29, 1.82) is 0 Å². The molecule has 0 saturated carbocycles. The lowest BCUT2D eigenvalue weighted by Gasteiger charge is -2.22. The van der Waals surface area contributed by atoms with E-state index < -0.39 is 0 Å². The zero-order chi connectivity index (χ0) is 13.1. The number of aromatic nitrogens is 1. The topological polar surface area (TPSA) is 37.0 Å². The van der Waals surface area contributed by atoms with E-state index in [1.165, 1.54) is 12.8 Å². The fraction of sp³-hybridized carbons (Fsp3) is 0.467. The fourth-order valence-electron chi connectivity index (χ4n) is 2.61. The molecule has 1 aliphatic rings. The number of halogens is 1. The van der Waals surface area contributed by atoms with Crippen LogP contribution in [0, 0.1) is 0 Å². The molecule has 19 heavy (non-hydrogen) atoms. The molecule has 1 aromatic carbocycles. The highest BCUT2D eigenvalue weighted by molar-refractivity contribution is 6.36. The van der Waals surface area contributed by atoms with Crippen molar-refractivity contribution in [3.05, 3.63) is 35.0 Å². The number of fused-ring (bicyclic) bond motifs is 1. The molecule has 1 aliphatic heterocycles. The minimum atomic E-state index is 0.358. The molecule has 1 atom stereocenters. The summed E-state index contributed by atoms with van der Waals surface area (Å²) in [6, 6.07) is 8.12. The Morgan fingerprint density at radius 1 is 1.32 bits per heavy atom. The van der Waals surface area contributed by atoms with Crippen LogP contribution >= 0.6 is 11.6 Å². The van der Waals surface area contributed by atoms with Crippen molar-refractivity contribution in [3.8, 4) is 0 Å². The van der Waals surface area contributed by atoms with E-state index in [-0.39, 0.29) is 0 Å². The van der Waals surface area contributed by atoms with Crippen molar-refractivity contribution in [3.63, 3.8) is 0 Å². The lowest BCUT2D eigenvalue weighted by molar-refractivity contribution is 0.0167. The van der Waals surface area contributed by atoms with Gasteiger partial charge in [-0.3, -0.25) is 0 Å². The number of ether oxygens (including phenoxy) is 1. The number of hydrogen-bond donors (Lipinski definition) is 2. The Balaban J connectivity index is 1.60. The standard InChI is InChI=1S/C15H19ClN2O/c16-15-12-6-1-2-7-13(12)18-14(15)10-17-9-11-5-3-4-8-19-11/h1-2,6-7,11,17-18H,3-5,8-10H2. The molecule has 0 radical (unpaired) electrons. The number of para-hydroxylation sites is 1. The minimum absolute atomic E-state index is 0.358. The van der Waals surface area contributed by atoms with Crippen LogP contribution in [0.15, 0.2) is 24.3 Å². The summed E-state index contributed by atoms with van der Waals surface area (Å²) in [6.07, 6.45) is 3.99. The van der Waals surface area contributed by atoms with Gasteiger partial charge in [0.1, 0.15) is 0 Å². The molecule has 1 aromatic heterocycles. The monoisotopic (exact) mass is 278 g/mol. The van der Waals surface area contributed by atoms with E-state index in [0.29, 0.717) is 6.10 Å². The summed E-state index contributed by atoms with van der Waals surface area (Å²) in [5.74, 6) is 0. The van der Waals surface area contributed by atoms with Gasteiger partial charge >= 0.3 is 0 Å². The summed E-state index contributed by atoms with van der Waals surface area (Å²) in [7, 11) is 0. The maximum absolute atomic E-state index is 6.38. The summed E-state index contributed by atoms with van der Waals surface area (Å²) in [4.78, 5) is 3.37. The van der Waals surface area contributed by atoms with Gasteiger partial charge < -0.3 is 15.0 Å². The van der Waals surface area contributed by atoms with Gasteiger partial charge in [-0.2, -0.15) is 0 Å². The summed E-state index contributed by atoms with van der Waals surface area (Å²) >= 11 is 6.38. The molecule has 1 unspecified atom stereocenters. The Morgan fingerprint density at radius 2 is 2.21 bits per heavy atom. The SMILES string of the molecule is Clc1c(CNCC2CCCCO2)[nH]c2ccccc12. The Labute approximate surface area is 118 Å². The molecule has 102 valence electrons. The predicted molar refractivity (Wildman–Crippen MR) is 78.6 cm³/mol. The molecule has 2 aromatic rings. The Morgan fingerprint density at radius 3 is 3.00 bits per heavy atom. The smallest absolute Gasteiger partial charge is 0.0705 e. The molecule has 0 amide bonds. The van der Waals surface area contributed by atoms with Crippen LogP contribution in [0.25, 0.3) is 10.9 Å². The van der Waals surface area contributed by atoms with Crippen LogP contribution in [-0.4, -0.2) is 24.2 Å². The highest BCUT2D eigenvalue weighted by Crippen LogP contribution is 2.26. The zero-order valence-corrected chi connectivity index (χ0v) is 11.7. The minimum Gasteiger partial charge on any atom is -0.377 e. The largest absolute Gasteiger partial charge is 0.377 e. The third-order valence-corrected chi connectivity index (χ3v) is 4.09. The molecule has 3 nitrogen and oxygen atoms in total. The van der Waals surface area contributed by atoms with Gasteiger partial charge in [0.2, 0.25) is 0 Å². The first-order valence-corrected chi connectivity index (χ1v) is 7.30.